The maximum atomic E-state index is 12.5. The Bertz CT molecular complexity index is 1170. The van der Waals surface area contributed by atoms with Gasteiger partial charge in [0.25, 0.3) is 5.91 Å². The van der Waals surface area contributed by atoms with Gasteiger partial charge in [-0.1, -0.05) is 30.3 Å². The minimum Gasteiger partial charge on any atom is -0.462 e. The molecule has 4 N–H and O–H groups in total. The number of benzene rings is 2. The number of fused-ring (bicyclic) bond motifs is 1. The van der Waals surface area contributed by atoms with Crippen LogP contribution in [0.25, 0.3) is 0 Å². The van der Waals surface area contributed by atoms with Gasteiger partial charge in [0.2, 0.25) is 5.95 Å². The summed E-state index contributed by atoms with van der Waals surface area (Å²) in [5.41, 5.74) is 3.35. The lowest BCUT2D eigenvalue weighted by Gasteiger charge is -2.19. The van der Waals surface area contributed by atoms with Crippen LogP contribution in [0.3, 0.4) is 0 Å². The number of hydrogen-bond acceptors (Lipinski definition) is 8. The molecule has 0 spiro atoms. The Morgan fingerprint density at radius 2 is 2.06 bits per heavy atom. The second-order valence-corrected chi connectivity index (χ2v) is 7.82. The largest absolute Gasteiger partial charge is 0.462 e. The van der Waals surface area contributed by atoms with Gasteiger partial charge in [0, 0.05) is 24.0 Å². The second kappa shape index (κ2) is 10.8. The van der Waals surface area contributed by atoms with Crippen molar-refractivity contribution in [3.63, 3.8) is 0 Å². The van der Waals surface area contributed by atoms with Gasteiger partial charge in [-0.25, -0.2) is 9.78 Å². The molecule has 1 aliphatic heterocycles. The summed E-state index contributed by atoms with van der Waals surface area (Å²) in [7, 11) is 0. The number of rotatable bonds is 8. The van der Waals surface area contributed by atoms with Crippen molar-refractivity contribution in [1.29, 1.82) is 0 Å². The summed E-state index contributed by atoms with van der Waals surface area (Å²) in [4.78, 5) is 33.5. The van der Waals surface area contributed by atoms with Gasteiger partial charge in [-0.3, -0.25) is 4.79 Å². The molecular formula is C25H27N5O4. The highest BCUT2D eigenvalue weighted by atomic mass is 16.5. The minimum absolute atomic E-state index is 0.0727. The highest BCUT2D eigenvalue weighted by Crippen LogP contribution is 2.25. The van der Waals surface area contributed by atoms with Crippen LogP contribution in [0.15, 0.2) is 54.7 Å². The van der Waals surface area contributed by atoms with E-state index in [9.17, 15) is 14.7 Å². The minimum atomic E-state index is -0.558. The first-order valence-corrected chi connectivity index (χ1v) is 11.2. The van der Waals surface area contributed by atoms with Crippen molar-refractivity contribution in [2.45, 2.75) is 25.8 Å². The van der Waals surface area contributed by atoms with Crippen molar-refractivity contribution in [1.82, 2.24) is 15.3 Å². The molecule has 1 aliphatic rings. The van der Waals surface area contributed by atoms with Gasteiger partial charge in [0.05, 0.1) is 19.3 Å². The number of aromatic nitrogens is 2. The molecule has 0 saturated heterocycles. The van der Waals surface area contributed by atoms with E-state index in [2.05, 4.69) is 25.9 Å². The third kappa shape index (κ3) is 5.32. The third-order valence-electron chi connectivity index (χ3n) is 5.49. The smallest absolute Gasteiger partial charge is 0.343 e. The second-order valence-electron chi connectivity index (χ2n) is 7.82. The van der Waals surface area contributed by atoms with E-state index in [1.54, 1.807) is 19.1 Å². The average Bonchev–Trinajstić information content (AvgIpc) is 3.04. The van der Waals surface area contributed by atoms with E-state index in [-0.39, 0.29) is 36.5 Å². The average molecular weight is 462 g/mol. The molecule has 1 atom stereocenters. The fourth-order valence-electron chi connectivity index (χ4n) is 3.80. The first-order valence-electron chi connectivity index (χ1n) is 11.2. The molecule has 9 nitrogen and oxygen atoms in total. The predicted octanol–water partition coefficient (Wildman–Crippen LogP) is 3.22. The molecule has 2 heterocycles. The van der Waals surface area contributed by atoms with E-state index in [4.69, 9.17) is 4.74 Å². The Labute approximate surface area is 197 Å². The van der Waals surface area contributed by atoms with Crippen molar-refractivity contribution in [3.05, 3.63) is 77.0 Å². The molecule has 0 bridgehead atoms. The van der Waals surface area contributed by atoms with Crippen LogP contribution in [-0.2, 0) is 11.2 Å². The Kier molecular flexibility index (Phi) is 7.34. The molecule has 1 aromatic heterocycles. The monoisotopic (exact) mass is 461 g/mol. The van der Waals surface area contributed by atoms with Crippen LogP contribution in [0, 0.1) is 0 Å². The van der Waals surface area contributed by atoms with Crippen molar-refractivity contribution >= 4 is 29.3 Å². The Morgan fingerprint density at radius 1 is 1.24 bits per heavy atom. The van der Waals surface area contributed by atoms with Crippen LogP contribution in [0.1, 0.15) is 51.2 Å². The molecule has 1 amide bonds. The van der Waals surface area contributed by atoms with Crippen molar-refractivity contribution in [2.75, 3.05) is 30.4 Å². The zero-order valence-corrected chi connectivity index (χ0v) is 18.9. The summed E-state index contributed by atoms with van der Waals surface area (Å²) < 4.78 is 5.15. The molecule has 3 aromatic rings. The van der Waals surface area contributed by atoms with E-state index in [1.807, 2.05) is 36.4 Å². The number of nitrogens with one attached hydrogen (secondary N) is 3. The predicted molar refractivity (Wildman–Crippen MR) is 128 cm³/mol. The van der Waals surface area contributed by atoms with Crippen molar-refractivity contribution in [3.8, 4) is 0 Å². The molecule has 0 fully saturated rings. The topological polar surface area (TPSA) is 125 Å². The SMILES string of the molecule is CCOC(=O)c1cnc(Nc2ccc3c(c2)CCCNC3=O)nc1N[C@H](CO)c1ccccc1. The molecule has 34 heavy (non-hydrogen) atoms. The van der Waals surface area contributed by atoms with E-state index in [0.29, 0.717) is 12.1 Å². The van der Waals surface area contributed by atoms with E-state index >= 15 is 0 Å². The Hall–Kier alpha value is -3.98. The van der Waals surface area contributed by atoms with E-state index in [0.717, 1.165) is 29.7 Å². The number of carbonyl (C=O) groups excluding carboxylic acids is 2. The first kappa shape index (κ1) is 23.2. The van der Waals surface area contributed by atoms with Crippen LogP contribution >= 0.6 is 0 Å². The number of aliphatic hydroxyl groups excluding tert-OH is 1. The Morgan fingerprint density at radius 3 is 2.82 bits per heavy atom. The number of aryl methyl sites for hydroxylation is 1. The maximum Gasteiger partial charge on any atom is 0.343 e. The summed E-state index contributed by atoms with van der Waals surface area (Å²) in [6.07, 6.45) is 3.04. The summed E-state index contributed by atoms with van der Waals surface area (Å²) in [5, 5.41) is 19.1. The maximum absolute atomic E-state index is 12.5. The standard InChI is InChI=1S/C25H27N5O4/c1-2-34-24(33)20-14-27-25(30-22(20)29-21(15-31)16-7-4-3-5-8-16)28-18-10-11-19-17(13-18)9-6-12-26-23(19)32/h3-5,7-8,10-11,13-14,21,31H,2,6,9,12,15H2,1H3,(H,26,32)(H2,27,28,29,30)/t21-/m1/s1. The van der Waals surface area contributed by atoms with Gasteiger partial charge in [-0.05, 0) is 49.1 Å². The lowest BCUT2D eigenvalue weighted by molar-refractivity contribution is 0.0526. The zero-order chi connectivity index (χ0) is 23.9. The van der Waals surface area contributed by atoms with Gasteiger partial charge in [0.1, 0.15) is 11.4 Å². The normalized spacial score (nSPS) is 13.8. The molecule has 0 aliphatic carbocycles. The lowest BCUT2D eigenvalue weighted by atomic mass is 10.0. The zero-order valence-electron chi connectivity index (χ0n) is 18.9. The molecule has 2 aromatic carbocycles. The number of esters is 1. The highest BCUT2D eigenvalue weighted by molar-refractivity contribution is 5.96. The van der Waals surface area contributed by atoms with Gasteiger partial charge in [-0.15, -0.1) is 0 Å². The van der Waals surface area contributed by atoms with Crippen molar-refractivity contribution < 1.29 is 19.4 Å². The van der Waals surface area contributed by atoms with Crippen LogP contribution < -0.4 is 16.0 Å². The summed E-state index contributed by atoms with van der Waals surface area (Å²) in [5.74, 6) is -0.125. The number of carbonyl (C=O) groups is 2. The molecule has 4 rings (SSSR count). The fourth-order valence-corrected chi connectivity index (χ4v) is 3.80. The molecule has 0 unspecified atom stereocenters. The van der Waals surface area contributed by atoms with E-state index < -0.39 is 12.0 Å². The molecule has 176 valence electrons. The Balaban J connectivity index is 1.63. The van der Waals surface area contributed by atoms with Gasteiger partial charge in [0.15, 0.2) is 0 Å². The summed E-state index contributed by atoms with van der Waals surface area (Å²) in [6.45, 7) is 2.38. The lowest BCUT2D eigenvalue weighted by Crippen LogP contribution is -2.22. The van der Waals surface area contributed by atoms with Crippen molar-refractivity contribution in [2.24, 2.45) is 0 Å². The summed E-state index contributed by atoms with van der Waals surface area (Å²) in [6, 6.07) is 14.4. The fraction of sp³-hybridized carbons (Fsp3) is 0.280. The molecule has 9 heteroatoms. The number of amides is 1. The number of aliphatic hydroxyl groups is 1. The van der Waals surface area contributed by atoms with Gasteiger partial charge >= 0.3 is 5.97 Å². The van der Waals surface area contributed by atoms with Crippen LogP contribution in [0.2, 0.25) is 0 Å². The van der Waals surface area contributed by atoms with Gasteiger partial charge in [-0.2, -0.15) is 4.98 Å². The first-order chi connectivity index (χ1) is 16.6. The highest BCUT2D eigenvalue weighted by Gasteiger charge is 2.20. The van der Waals surface area contributed by atoms with Crippen LogP contribution in [0.4, 0.5) is 17.5 Å². The third-order valence-corrected chi connectivity index (χ3v) is 5.49. The number of anilines is 3. The quantitative estimate of drug-likeness (QED) is 0.377. The van der Waals surface area contributed by atoms with E-state index in [1.165, 1.54) is 6.20 Å². The molecule has 0 radical (unpaired) electrons. The van der Waals surface area contributed by atoms with Crippen LogP contribution in [0.5, 0.6) is 0 Å². The number of ether oxygens (including phenoxy) is 1. The number of nitrogens with zero attached hydrogens (tertiary/aromatic N) is 2. The summed E-state index contributed by atoms with van der Waals surface area (Å²) >= 11 is 0. The number of hydrogen-bond donors (Lipinski definition) is 4. The van der Waals surface area contributed by atoms with Crippen LogP contribution in [-0.4, -0.2) is 46.7 Å². The molecular weight excluding hydrogens is 434 g/mol. The molecule has 0 saturated carbocycles. The van der Waals surface area contributed by atoms with Gasteiger partial charge < -0.3 is 25.8 Å².